The predicted molar refractivity (Wildman–Crippen MR) is 73.7 cm³/mol. The van der Waals surface area contributed by atoms with E-state index in [1.165, 1.54) is 11.8 Å². The number of fused-ring (bicyclic) bond motifs is 1. The van der Waals surface area contributed by atoms with Crippen LogP contribution in [0.4, 0.5) is 5.69 Å². The Morgan fingerprint density at radius 3 is 2.78 bits per heavy atom. The van der Waals surface area contributed by atoms with Crippen LogP contribution < -0.4 is 5.73 Å². The van der Waals surface area contributed by atoms with E-state index in [2.05, 4.69) is 11.1 Å². The lowest BCUT2D eigenvalue weighted by Gasteiger charge is -2.01. The Morgan fingerprint density at radius 1 is 1.17 bits per heavy atom. The smallest absolute Gasteiger partial charge is 0.261 e. The van der Waals surface area contributed by atoms with E-state index in [-0.39, 0.29) is 0 Å². The molecule has 3 nitrogen and oxygen atoms in total. The van der Waals surface area contributed by atoms with Gasteiger partial charge in [-0.25, -0.2) is 4.98 Å². The van der Waals surface area contributed by atoms with Crippen LogP contribution >= 0.6 is 11.8 Å². The highest BCUT2D eigenvalue weighted by atomic mass is 32.2. The van der Waals surface area contributed by atoms with Gasteiger partial charge in [0.2, 0.25) is 0 Å². The van der Waals surface area contributed by atoms with Gasteiger partial charge in [-0.05, 0) is 54.6 Å². The van der Waals surface area contributed by atoms with Gasteiger partial charge in [0.1, 0.15) is 5.52 Å². The fraction of sp³-hybridized carbons (Fsp3) is 0.0714. The summed E-state index contributed by atoms with van der Waals surface area (Å²) in [6.45, 7) is 2.02. The van der Waals surface area contributed by atoms with Crippen molar-refractivity contribution in [2.24, 2.45) is 0 Å². The number of nitrogens with two attached hydrogens (primary N) is 1. The summed E-state index contributed by atoms with van der Waals surface area (Å²) in [6, 6.07) is 13.7. The lowest BCUT2D eigenvalue weighted by Crippen LogP contribution is -1.86. The molecule has 1 heterocycles. The van der Waals surface area contributed by atoms with E-state index in [0.29, 0.717) is 5.22 Å². The summed E-state index contributed by atoms with van der Waals surface area (Å²) in [5.41, 5.74) is 9.40. The molecular formula is C14H12N2OS. The van der Waals surface area contributed by atoms with E-state index in [1.807, 2.05) is 43.3 Å². The van der Waals surface area contributed by atoms with Crippen molar-refractivity contribution in [1.82, 2.24) is 4.98 Å². The second kappa shape index (κ2) is 4.38. The summed E-state index contributed by atoms with van der Waals surface area (Å²) < 4.78 is 5.66. The van der Waals surface area contributed by atoms with Gasteiger partial charge in [-0.2, -0.15) is 0 Å². The molecule has 3 aromatic rings. The molecule has 0 spiro atoms. The molecule has 3 rings (SSSR count). The number of nitrogen functional groups attached to an aromatic ring is 1. The highest BCUT2D eigenvalue weighted by Crippen LogP contribution is 2.31. The summed E-state index contributed by atoms with van der Waals surface area (Å²) in [5.74, 6) is 0. The summed E-state index contributed by atoms with van der Waals surface area (Å²) in [7, 11) is 0. The van der Waals surface area contributed by atoms with Crippen molar-refractivity contribution in [3.05, 3.63) is 48.0 Å². The van der Waals surface area contributed by atoms with E-state index in [1.54, 1.807) is 0 Å². The van der Waals surface area contributed by atoms with Crippen molar-refractivity contribution in [3.8, 4) is 0 Å². The minimum absolute atomic E-state index is 0.640. The minimum atomic E-state index is 0.640. The van der Waals surface area contributed by atoms with Crippen LogP contribution in [-0.2, 0) is 0 Å². The number of nitrogens with zero attached hydrogens (tertiary/aromatic N) is 1. The standard InChI is InChI=1S/C14H12N2OS/c1-9-6-10(15)8-11(7-9)18-14-16-12-4-2-3-5-13(12)17-14/h2-8H,15H2,1H3. The number of benzene rings is 2. The Kier molecular flexibility index (Phi) is 2.72. The first-order valence-corrected chi connectivity index (χ1v) is 6.43. The third-order valence-electron chi connectivity index (χ3n) is 2.55. The van der Waals surface area contributed by atoms with Gasteiger partial charge >= 0.3 is 0 Å². The molecule has 0 saturated heterocycles. The monoisotopic (exact) mass is 256 g/mol. The Bertz CT molecular complexity index is 653. The van der Waals surface area contributed by atoms with E-state index < -0.39 is 0 Å². The van der Waals surface area contributed by atoms with Crippen molar-refractivity contribution in [2.75, 3.05) is 5.73 Å². The molecule has 0 atom stereocenters. The molecule has 0 aliphatic heterocycles. The van der Waals surface area contributed by atoms with Crippen LogP contribution in [0.3, 0.4) is 0 Å². The van der Waals surface area contributed by atoms with Gasteiger partial charge in [0.05, 0.1) is 0 Å². The normalized spacial score (nSPS) is 10.9. The van der Waals surface area contributed by atoms with Gasteiger partial charge in [-0.1, -0.05) is 12.1 Å². The second-order valence-electron chi connectivity index (χ2n) is 4.13. The van der Waals surface area contributed by atoms with Crippen LogP contribution in [0, 0.1) is 6.92 Å². The molecule has 2 N–H and O–H groups in total. The molecule has 0 unspecified atom stereocenters. The fourth-order valence-electron chi connectivity index (χ4n) is 1.83. The highest BCUT2D eigenvalue weighted by molar-refractivity contribution is 7.99. The third-order valence-corrected chi connectivity index (χ3v) is 3.37. The Labute approximate surface area is 109 Å². The zero-order valence-corrected chi connectivity index (χ0v) is 10.7. The Hall–Kier alpha value is -1.94. The number of aromatic nitrogens is 1. The Morgan fingerprint density at radius 2 is 2.00 bits per heavy atom. The summed E-state index contributed by atoms with van der Waals surface area (Å²) in [6.07, 6.45) is 0. The first-order chi connectivity index (χ1) is 8.70. The van der Waals surface area contributed by atoms with Crippen molar-refractivity contribution in [1.29, 1.82) is 0 Å². The van der Waals surface area contributed by atoms with Crippen LogP contribution in [0.5, 0.6) is 0 Å². The quantitative estimate of drug-likeness (QED) is 0.707. The van der Waals surface area contributed by atoms with E-state index in [0.717, 1.165) is 27.2 Å². The van der Waals surface area contributed by atoms with Gasteiger partial charge < -0.3 is 10.2 Å². The maximum absolute atomic E-state index is 5.82. The first-order valence-electron chi connectivity index (χ1n) is 5.61. The molecule has 0 fully saturated rings. The summed E-state index contributed by atoms with van der Waals surface area (Å²) in [5, 5.41) is 0.640. The number of para-hydroxylation sites is 2. The molecular weight excluding hydrogens is 244 g/mol. The highest BCUT2D eigenvalue weighted by Gasteiger charge is 2.07. The molecule has 90 valence electrons. The zero-order valence-electron chi connectivity index (χ0n) is 9.88. The van der Waals surface area contributed by atoms with Crippen molar-refractivity contribution in [3.63, 3.8) is 0 Å². The first kappa shape index (κ1) is 11.2. The predicted octanol–water partition coefficient (Wildman–Crippen LogP) is 3.87. The van der Waals surface area contributed by atoms with Gasteiger partial charge in [0, 0.05) is 10.6 Å². The van der Waals surface area contributed by atoms with Gasteiger partial charge in [0.15, 0.2) is 5.58 Å². The molecule has 0 amide bonds. The maximum atomic E-state index is 5.82. The summed E-state index contributed by atoms with van der Waals surface area (Å²) >= 11 is 1.48. The zero-order chi connectivity index (χ0) is 12.5. The van der Waals surface area contributed by atoms with Crippen molar-refractivity contribution < 1.29 is 4.42 Å². The molecule has 0 aliphatic carbocycles. The average Bonchev–Trinajstić information content (AvgIpc) is 2.69. The van der Waals surface area contributed by atoms with E-state index in [9.17, 15) is 0 Å². The third kappa shape index (κ3) is 2.19. The minimum Gasteiger partial charge on any atom is -0.431 e. The largest absolute Gasteiger partial charge is 0.431 e. The van der Waals surface area contributed by atoms with E-state index >= 15 is 0 Å². The molecule has 0 radical (unpaired) electrons. The number of hydrogen-bond acceptors (Lipinski definition) is 4. The SMILES string of the molecule is Cc1cc(N)cc(Sc2nc3ccccc3o2)c1. The lowest BCUT2D eigenvalue weighted by molar-refractivity contribution is 0.489. The Balaban J connectivity index is 1.96. The van der Waals surface area contributed by atoms with Crippen LogP contribution in [0.15, 0.2) is 57.0 Å². The van der Waals surface area contributed by atoms with Gasteiger partial charge in [-0.15, -0.1) is 0 Å². The molecule has 0 aliphatic rings. The fourth-order valence-corrected chi connectivity index (χ4v) is 2.75. The second-order valence-corrected chi connectivity index (χ2v) is 5.15. The lowest BCUT2D eigenvalue weighted by atomic mass is 10.2. The number of aryl methyl sites for hydroxylation is 1. The van der Waals surface area contributed by atoms with E-state index in [4.69, 9.17) is 10.2 Å². The van der Waals surface area contributed by atoms with Crippen LogP contribution in [0.25, 0.3) is 11.1 Å². The average molecular weight is 256 g/mol. The van der Waals surface area contributed by atoms with Crippen LogP contribution in [0.2, 0.25) is 0 Å². The maximum Gasteiger partial charge on any atom is 0.261 e. The van der Waals surface area contributed by atoms with Gasteiger partial charge in [0.25, 0.3) is 5.22 Å². The molecule has 0 saturated carbocycles. The molecule has 2 aromatic carbocycles. The number of hydrogen-bond donors (Lipinski definition) is 1. The topological polar surface area (TPSA) is 52.0 Å². The van der Waals surface area contributed by atoms with Crippen molar-refractivity contribution >= 4 is 28.5 Å². The number of anilines is 1. The van der Waals surface area contributed by atoms with Gasteiger partial charge in [-0.3, -0.25) is 0 Å². The van der Waals surface area contributed by atoms with Crippen LogP contribution in [0.1, 0.15) is 5.56 Å². The van der Waals surface area contributed by atoms with Crippen LogP contribution in [-0.4, -0.2) is 4.98 Å². The van der Waals surface area contributed by atoms with Crippen molar-refractivity contribution in [2.45, 2.75) is 17.0 Å². The number of oxazole rings is 1. The summed E-state index contributed by atoms with van der Waals surface area (Å²) in [4.78, 5) is 5.46. The molecule has 4 heteroatoms. The molecule has 1 aromatic heterocycles. The molecule has 0 bridgehead atoms. The molecule has 18 heavy (non-hydrogen) atoms. The number of rotatable bonds is 2.